The van der Waals surface area contributed by atoms with Crippen LogP contribution < -0.4 is 11.1 Å². The van der Waals surface area contributed by atoms with Crippen molar-refractivity contribution in [2.45, 2.75) is 19.9 Å². The molecule has 0 unspecified atom stereocenters. The van der Waals surface area contributed by atoms with E-state index < -0.39 is 0 Å². The number of amides is 1. The number of para-hydroxylation sites is 1. The Kier molecular flexibility index (Phi) is 3.32. The van der Waals surface area contributed by atoms with Crippen molar-refractivity contribution in [1.82, 2.24) is 15.1 Å². The molecule has 5 heteroatoms. The van der Waals surface area contributed by atoms with Crippen LogP contribution in [0.4, 0.5) is 5.82 Å². The van der Waals surface area contributed by atoms with E-state index in [1.54, 1.807) is 4.68 Å². The fraction of sp³-hybridized carbons (Fsp3) is 0.231. The van der Waals surface area contributed by atoms with Gasteiger partial charge in [0.05, 0.1) is 11.9 Å². The van der Waals surface area contributed by atoms with Crippen molar-refractivity contribution >= 4 is 11.7 Å². The first-order chi connectivity index (χ1) is 8.59. The zero-order valence-electron chi connectivity index (χ0n) is 10.4. The van der Waals surface area contributed by atoms with Crippen LogP contribution in [0.2, 0.25) is 0 Å². The minimum Gasteiger partial charge on any atom is -0.383 e. The zero-order chi connectivity index (χ0) is 13.1. The molecule has 3 N–H and O–H groups in total. The van der Waals surface area contributed by atoms with E-state index in [9.17, 15) is 4.79 Å². The summed E-state index contributed by atoms with van der Waals surface area (Å²) in [5.41, 5.74) is 7.18. The summed E-state index contributed by atoms with van der Waals surface area (Å²) in [5.74, 6) is 0.143. The number of nitrogens with zero attached hydrogens (tertiary/aromatic N) is 2. The second-order valence-electron chi connectivity index (χ2n) is 4.32. The molecule has 1 amide bonds. The van der Waals surface area contributed by atoms with Crippen LogP contribution in [0.1, 0.15) is 24.2 Å². The predicted octanol–water partition coefficient (Wildman–Crippen LogP) is 1.59. The summed E-state index contributed by atoms with van der Waals surface area (Å²) in [4.78, 5) is 11.9. The van der Waals surface area contributed by atoms with Gasteiger partial charge in [-0.3, -0.25) is 4.79 Å². The van der Waals surface area contributed by atoms with Gasteiger partial charge in [-0.05, 0) is 26.0 Å². The van der Waals surface area contributed by atoms with Crippen LogP contribution in [-0.4, -0.2) is 21.7 Å². The van der Waals surface area contributed by atoms with Crippen molar-refractivity contribution in [3.63, 3.8) is 0 Å². The quantitative estimate of drug-likeness (QED) is 0.861. The SMILES string of the molecule is CC(C)NC(=O)c1cnn(-c2ccccc2)c1N. The molecule has 0 fully saturated rings. The normalized spacial score (nSPS) is 10.6. The number of nitrogen functional groups attached to an aromatic ring is 1. The Balaban J connectivity index is 2.32. The highest BCUT2D eigenvalue weighted by Crippen LogP contribution is 2.16. The van der Waals surface area contributed by atoms with Gasteiger partial charge in [-0.15, -0.1) is 0 Å². The van der Waals surface area contributed by atoms with Gasteiger partial charge < -0.3 is 11.1 Å². The van der Waals surface area contributed by atoms with Crippen LogP contribution in [0.5, 0.6) is 0 Å². The number of carbonyl (C=O) groups is 1. The fourth-order valence-corrected chi connectivity index (χ4v) is 1.65. The van der Waals surface area contributed by atoms with Gasteiger partial charge in [0, 0.05) is 6.04 Å². The molecule has 0 aliphatic heterocycles. The molecule has 18 heavy (non-hydrogen) atoms. The number of nitrogens with one attached hydrogen (secondary N) is 1. The lowest BCUT2D eigenvalue weighted by atomic mass is 10.2. The van der Waals surface area contributed by atoms with E-state index in [2.05, 4.69) is 10.4 Å². The summed E-state index contributed by atoms with van der Waals surface area (Å²) in [6.45, 7) is 3.80. The van der Waals surface area contributed by atoms with Crippen LogP contribution in [0.3, 0.4) is 0 Å². The average molecular weight is 244 g/mol. The molecule has 0 aliphatic carbocycles. The molecule has 94 valence electrons. The summed E-state index contributed by atoms with van der Waals surface area (Å²) in [5, 5.41) is 6.94. The van der Waals surface area contributed by atoms with Gasteiger partial charge >= 0.3 is 0 Å². The molecule has 0 bridgehead atoms. The standard InChI is InChI=1S/C13H16N4O/c1-9(2)16-13(18)11-8-15-17(12(11)14)10-6-4-3-5-7-10/h3-9H,14H2,1-2H3,(H,16,18). The van der Waals surface area contributed by atoms with Crippen molar-refractivity contribution < 1.29 is 4.79 Å². The largest absolute Gasteiger partial charge is 0.383 e. The third-order valence-corrected chi connectivity index (χ3v) is 2.47. The third-order valence-electron chi connectivity index (χ3n) is 2.47. The Bertz CT molecular complexity index is 545. The highest BCUT2D eigenvalue weighted by atomic mass is 16.1. The molecule has 0 saturated heterocycles. The predicted molar refractivity (Wildman–Crippen MR) is 70.6 cm³/mol. The number of nitrogens with two attached hydrogens (primary N) is 1. The van der Waals surface area contributed by atoms with E-state index in [-0.39, 0.29) is 11.9 Å². The van der Waals surface area contributed by atoms with Gasteiger partial charge in [-0.1, -0.05) is 18.2 Å². The van der Waals surface area contributed by atoms with Crippen LogP contribution >= 0.6 is 0 Å². The smallest absolute Gasteiger partial charge is 0.256 e. The highest BCUT2D eigenvalue weighted by Gasteiger charge is 2.16. The van der Waals surface area contributed by atoms with Crippen molar-refractivity contribution in [1.29, 1.82) is 0 Å². The average Bonchev–Trinajstić information content (AvgIpc) is 2.71. The Hall–Kier alpha value is -2.30. The van der Waals surface area contributed by atoms with E-state index in [0.29, 0.717) is 11.4 Å². The van der Waals surface area contributed by atoms with Crippen molar-refractivity contribution in [2.75, 3.05) is 5.73 Å². The van der Waals surface area contributed by atoms with E-state index in [0.717, 1.165) is 5.69 Å². The third kappa shape index (κ3) is 2.34. The fourth-order valence-electron chi connectivity index (χ4n) is 1.65. The minimum absolute atomic E-state index is 0.0666. The highest BCUT2D eigenvalue weighted by molar-refractivity contribution is 5.98. The molecular formula is C13H16N4O. The molecule has 0 atom stereocenters. The first-order valence-electron chi connectivity index (χ1n) is 5.79. The Morgan fingerprint density at radius 3 is 2.61 bits per heavy atom. The molecule has 0 saturated carbocycles. The monoisotopic (exact) mass is 244 g/mol. The lowest BCUT2D eigenvalue weighted by molar-refractivity contribution is 0.0944. The van der Waals surface area contributed by atoms with Crippen LogP contribution in [0.25, 0.3) is 5.69 Å². The molecule has 5 nitrogen and oxygen atoms in total. The molecule has 0 aliphatic rings. The topological polar surface area (TPSA) is 72.9 Å². The second-order valence-corrected chi connectivity index (χ2v) is 4.32. The van der Waals surface area contributed by atoms with Crippen LogP contribution in [-0.2, 0) is 0 Å². The molecular weight excluding hydrogens is 228 g/mol. The van der Waals surface area contributed by atoms with E-state index >= 15 is 0 Å². The van der Waals surface area contributed by atoms with Gasteiger partial charge in [0.15, 0.2) is 0 Å². The maximum Gasteiger partial charge on any atom is 0.256 e. The van der Waals surface area contributed by atoms with Crippen molar-refractivity contribution in [2.24, 2.45) is 0 Å². The molecule has 2 rings (SSSR count). The van der Waals surface area contributed by atoms with E-state index in [4.69, 9.17) is 5.73 Å². The van der Waals surface area contributed by atoms with Crippen molar-refractivity contribution in [3.8, 4) is 5.69 Å². The lowest BCUT2D eigenvalue weighted by Gasteiger charge is -2.08. The summed E-state index contributed by atoms with van der Waals surface area (Å²) >= 11 is 0. The minimum atomic E-state index is -0.204. The second kappa shape index (κ2) is 4.91. The first-order valence-corrected chi connectivity index (χ1v) is 5.79. The Morgan fingerprint density at radius 1 is 1.33 bits per heavy atom. The first kappa shape index (κ1) is 12.2. The van der Waals surface area contributed by atoms with Gasteiger partial charge in [-0.25, -0.2) is 4.68 Å². The Morgan fingerprint density at radius 2 is 2.00 bits per heavy atom. The van der Waals surface area contributed by atoms with Crippen LogP contribution in [0.15, 0.2) is 36.5 Å². The molecule has 1 aromatic heterocycles. The summed E-state index contributed by atoms with van der Waals surface area (Å²) in [7, 11) is 0. The number of hydrogen-bond acceptors (Lipinski definition) is 3. The maximum atomic E-state index is 11.9. The molecule has 0 radical (unpaired) electrons. The summed E-state index contributed by atoms with van der Waals surface area (Å²) < 4.78 is 1.55. The molecule has 1 aromatic carbocycles. The van der Waals surface area contributed by atoms with Gasteiger partial charge in [0.25, 0.3) is 5.91 Å². The van der Waals surface area contributed by atoms with Crippen molar-refractivity contribution in [3.05, 3.63) is 42.1 Å². The van der Waals surface area contributed by atoms with Crippen LogP contribution in [0, 0.1) is 0 Å². The maximum absolute atomic E-state index is 11.9. The summed E-state index contributed by atoms with van der Waals surface area (Å²) in [6.07, 6.45) is 1.49. The number of carbonyl (C=O) groups excluding carboxylic acids is 1. The lowest BCUT2D eigenvalue weighted by Crippen LogP contribution is -2.30. The number of benzene rings is 1. The van der Waals surface area contributed by atoms with Gasteiger partial charge in [0.1, 0.15) is 11.4 Å². The Labute approximate surface area is 106 Å². The number of rotatable bonds is 3. The van der Waals surface area contributed by atoms with E-state index in [1.165, 1.54) is 6.20 Å². The molecule has 2 aromatic rings. The molecule has 1 heterocycles. The summed E-state index contributed by atoms with van der Waals surface area (Å²) in [6, 6.07) is 9.53. The molecule has 0 spiro atoms. The van der Waals surface area contributed by atoms with Gasteiger partial charge in [-0.2, -0.15) is 5.10 Å². The van der Waals surface area contributed by atoms with E-state index in [1.807, 2.05) is 44.2 Å². The number of hydrogen-bond donors (Lipinski definition) is 2. The van der Waals surface area contributed by atoms with Gasteiger partial charge in [0.2, 0.25) is 0 Å². The zero-order valence-corrected chi connectivity index (χ0v) is 10.4. The number of aromatic nitrogens is 2. The number of anilines is 1.